The van der Waals surface area contributed by atoms with Crippen LogP contribution in [0.3, 0.4) is 0 Å². The Labute approximate surface area is 145 Å². The van der Waals surface area contributed by atoms with Crippen LogP contribution >= 0.6 is 0 Å². The monoisotopic (exact) mass is 337 g/mol. The van der Waals surface area contributed by atoms with E-state index < -0.39 is 0 Å². The Morgan fingerprint density at radius 2 is 1.96 bits per heavy atom. The first-order valence-corrected chi connectivity index (χ1v) is 8.07. The number of imidazole rings is 1. The number of hydrogen-bond acceptors (Lipinski definition) is 5. The zero-order chi connectivity index (χ0) is 17.5. The molecule has 2 heterocycles. The Morgan fingerprint density at radius 1 is 1.12 bits per heavy atom. The number of carbonyl (C=O) groups is 1. The Balaban J connectivity index is 1.64. The smallest absolute Gasteiger partial charge is 0.338 e. The molecule has 2 aromatic heterocycles. The Hall–Kier alpha value is -3.15. The molecule has 0 saturated heterocycles. The average Bonchev–Trinajstić information content (AvgIpc) is 3.15. The Morgan fingerprint density at radius 3 is 2.68 bits per heavy atom. The number of pyridine rings is 1. The summed E-state index contributed by atoms with van der Waals surface area (Å²) < 4.78 is 10.9. The topological polar surface area (TPSA) is 77.1 Å². The van der Waals surface area contributed by atoms with E-state index in [1.807, 2.05) is 24.3 Å². The van der Waals surface area contributed by atoms with Gasteiger partial charge in [-0.3, -0.25) is 4.98 Å². The Bertz CT molecular complexity index is 814. The third-order valence-corrected chi connectivity index (χ3v) is 3.60. The lowest BCUT2D eigenvalue weighted by Crippen LogP contribution is -2.05. The van der Waals surface area contributed by atoms with E-state index in [4.69, 9.17) is 9.47 Å². The maximum absolute atomic E-state index is 11.7. The minimum atomic E-state index is -0.317. The molecule has 128 valence electrons. The second-order valence-corrected chi connectivity index (χ2v) is 5.37. The maximum atomic E-state index is 11.7. The number of carbonyl (C=O) groups excluding carboxylic acids is 1. The molecule has 0 fully saturated rings. The highest BCUT2D eigenvalue weighted by molar-refractivity contribution is 5.89. The van der Waals surface area contributed by atoms with E-state index in [1.165, 1.54) is 0 Å². The van der Waals surface area contributed by atoms with Crippen LogP contribution in [0.1, 0.15) is 34.4 Å². The van der Waals surface area contributed by atoms with Gasteiger partial charge in [0.15, 0.2) is 0 Å². The van der Waals surface area contributed by atoms with E-state index in [9.17, 15) is 4.79 Å². The number of nitrogens with zero attached hydrogens (tertiary/aromatic N) is 2. The summed E-state index contributed by atoms with van der Waals surface area (Å²) in [4.78, 5) is 23.3. The van der Waals surface area contributed by atoms with E-state index in [1.54, 1.807) is 37.6 Å². The van der Waals surface area contributed by atoms with Crippen molar-refractivity contribution in [1.82, 2.24) is 15.0 Å². The molecule has 25 heavy (non-hydrogen) atoms. The molecule has 0 amide bonds. The van der Waals surface area contributed by atoms with Crippen LogP contribution in [0, 0.1) is 0 Å². The fraction of sp³-hybridized carbons (Fsp3) is 0.211. The molecule has 0 radical (unpaired) electrons. The molecule has 0 saturated carbocycles. The summed E-state index contributed by atoms with van der Waals surface area (Å²) >= 11 is 0. The van der Waals surface area contributed by atoms with Gasteiger partial charge in [-0.25, -0.2) is 9.78 Å². The van der Waals surface area contributed by atoms with Crippen molar-refractivity contribution in [3.8, 4) is 5.75 Å². The number of benzene rings is 1. The molecule has 1 N–H and O–H groups in total. The van der Waals surface area contributed by atoms with Crippen molar-refractivity contribution in [3.05, 3.63) is 77.6 Å². The third-order valence-electron chi connectivity index (χ3n) is 3.60. The van der Waals surface area contributed by atoms with Crippen molar-refractivity contribution in [2.24, 2.45) is 0 Å². The van der Waals surface area contributed by atoms with Gasteiger partial charge in [0, 0.05) is 18.6 Å². The molecule has 0 aliphatic carbocycles. The normalized spacial score (nSPS) is 10.4. The molecule has 0 spiro atoms. The van der Waals surface area contributed by atoms with E-state index in [-0.39, 0.29) is 5.97 Å². The van der Waals surface area contributed by atoms with Crippen LogP contribution in [0.5, 0.6) is 5.75 Å². The largest absolute Gasteiger partial charge is 0.487 e. The SMILES string of the molecule is CCOC(=O)c1ccc(COc2cccnc2Cc2ncc[nH]2)cc1. The standard InChI is InChI=1S/C19H19N3O3/c1-2-24-19(23)15-7-5-14(6-8-15)13-25-17-4-3-9-20-16(17)12-18-21-10-11-22-18/h3-11H,2,12-13H2,1H3,(H,21,22). The summed E-state index contributed by atoms with van der Waals surface area (Å²) in [5.41, 5.74) is 2.31. The third kappa shape index (κ3) is 4.44. The molecule has 3 aromatic rings. The van der Waals surface area contributed by atoms with Gasteiger partial charge in [-0.05, 0) is 36.8 Å². The van der Waals surface area contributed by atoms with Gasteiger partial charge >= 0.3 is 5.97 Å². The lowest BCUT2D eigenvalue weighted by Gasteiger charge is -2.10. The number of aromatic amines is 1. The lowest BCUT2D eigenvalue weighted by molar-refractivity contribution is 0.0526. The van der Waals surface area contributed by atoms with Crippen molar-refractivity contribution < 1.29 is 14.3 Å². The molecule has 0 unspecified atom stereocenters. The van der Waals surface area contributed by atoms with Crippen molar-refractivity contribution in [3.63, 3.8) is 0 Å². The number of esters is 1. The van der Waals surface area contributed by atoms with Crippen LogP contribution in [0.4, 0.5) is 0 Å². The van der Waals surface area contributed by atoms with Gasteiger partial charge in [-0.15, -0.1) is 0 Å². The highest BCUT2D eigenvalue weighted by Crippen LogP contribution is 2.19. The number of rotatable bonds is 7. The number of nitrogens with one attached hydrogen (secondary N) is 1. The first kappa shape index (κ1) is 16.7. The molecule has 3 rings (SSSR count). The fourth-order valence-electron chi connectivity index (χ4n) is 2.35. The molecule has 0 atom stereocenters. The van der Waals surface area contributed by atoms with Crippen LogP contribution in [0.2, 0.25) is 0 Å². The number of aromatic nitrogens is 3. The summed E-state index contributed by atoms with van der Waals surface area (Å²) in [6, 6.07) is 10.9. The van der Waals surface area contributed by atoms with Gasteiger partial charge in [0.05, 0.1) is 24.3 Å². The molecule has 0 aliphatic rings. The van der Waals surface area contributed by atoms with Crippen molar-refractivity contribution >= 4 is 5.97 Å². The molecule has 0 bridgehead atoms. The van der Waals surface area contributed by atoms with E-state index in [0.29, 0.717) is 30.9 Å². The van der Waals surface area contributed by atoms with Crippen molar-refractivity contribution in [2.75, 3.05) is 6.61 Å². The second-order valence-electron chi connectivity index (χ2n) is 5.37. The maximum Gasteiger partial charge on any atom is 0.338 e. The number of hydrogen-bond donors (Lipinski definition) is 1. The zero-order valence-corrected chi connectivity index (χ0v) is 13.9. The minimum Gasteiger partial charge on any atom is -0.487 e. The first-order chi connectivity index (χ1) is 12.3. The second kappa shape index (κ2) is 8.10. The van der Waals surface area contributed by atoms with Gasteiger partial charge in [0.2, 0.25) is 0 Å². The molecular formula is C19H19N3O3. The molecule has 6 heteroatoms. The summed E-state index contributed by atoms with van der Waals surface area (Å²) in [5.74, 6) is 1.23. The summed E-state index contributed by atoms with van der Waals surface area (Å²) in [5, 5.41) is 0. The van der Waals surface area contributed by atoms with Crippen LogP contribution in [-0.2, 0) is 17.8 Å². The van der Waals surface area contributed by atoms with Crippen LogP contribution < -0.4 is 4.74 Å². The molecule has 1 aromatic carbocycles. The summed E-state index contributed by atoms with van der Waals surface area (Å²) in [6.45, 7) is 2.54. The van der Waals surface area contributed by atoms with E-state index in [2.05, 4.69) is 15.0 Å². The van der Waals surface area contributed by atoms with Gasteiger partial charge in [0.1, 0.15) is 18.2 Å². The number of H-pyrrole nitrogens is 1. The van der Waals surface area contributed by atoms with E-state index >= 15 is 0 Å². The molecule has 0 aliphatic heterocycles. The highest BCUT2D eigenvalue weighted by Gasteiger charge is 2.09. The van der Waals surface area contributed by atoms with Crippen molar-refractivity contribution in [1.29, 1.82) is 0 Å². The highest BCUT2D eigenvalue weighted by atomic mass is 16.5. The fourth-order valence-corrected chi connectivity index (χ4v) is 2.35. The predicted octanol–water partition coefficient (Wildman–Crippen LogP) is 3.15. The van der Waals surface area contributed by atoms with E-state index in [0.717, 1.165) is 17.1 Å². The van der Waals surface area contributed by atoms with Crippen LogP contribution in [-0.4, -0.2) is 27.5 Å². The molecular weight excluding hydrogens is 318 g/mol. The van der Waals surface area contributed by atoms with Gasteiger partial charge in [0.25, 0.3) is 0 Å². The average molecular weight is 337 g/mol. The lowest BCUT2D eigenvalue weighted by atomic mass is 10.1. The number of ether oxygens (including phenoxy) is 2. The summed E-state index contributed by atoms with van der Waals surface area (Å²) in [6.07, 6.45) is 5.80. The Kier molecular flexibility index (Phi) is 5.41. The van der Waals surface area contributed by atoms with Gasteiger partial charge < -0.3 is 14.5 Å². The van der Waals surface area contributed by atoms with Crippen molar-refractivity contribution in [2.45, 2.75) is 20.0 Å². The van der Waals surface area contributed by atoms with Crippen LogP contribution in [0.15, 0.2) is 55.0 Å². The summed E-state index contributed by atoms with van der Waals surface area (Å²) in [7, 11) is 0. The van der Waals surface area contributed by atoms with Gasteiger partial charge in [-0.1, -0.05) is 12.1 Å². The zero-order valence-electron chi connectivity index (χ0n) is 13.9. The molecule has 6 nitrogen and oxygen atoms in total. The first-order valence-electron chi connectivity index (χ1n) is 8.07. The van der Waals surface area contributed by atoms with Gasteiger partial charge in [-0.2, -0.15) is 0 Å². The minimum absolute atomic E-state index is 0.317. The van der Waals surface area contributed by atoms with Crippen LogP contribution in [0.25, 0.3) is 0 Å². The predicted molar refractivity (Wildman–Crippen MR) is 92.4 cm³/mol. The quantitative estimate of drug-likeness (QED) is 0.670.